The van der Waals surface area contributed by atoms with Gasteiger partial charge in [0.05, 0.1) is 16.9 Å². The lowest BCUT2D eigenvalue weighted by molar-refractivity contribution is -0.385. The SMILES string of the molecule is Cc1ccc(-c2c(C)sc3nc(CN(C)Cc4ccccc4[N+](=O)[O-])[nH]c(=O)c23)cc1. The minimum Gasteiger partial charge on any atom is -0.309 e. The van der Waals surface area contributed by atoms with Crippen molar-refractivity contribution in [2.75, 3.05) is 7.05 Å². The van der Waals surface area contributed by atoms with E-state index in [1.807, 2.05) is 50.1 Å². The zero-order chi connectivity index (χ0) is 22.1. The van der Waals surface area contributed by atoms with Gasteiger partial charge in [-0.25, -0.2) is 4.98 Å². The number of para-hydroxylation sites is 1. The molecule has 0 unspecified atom stereocenters. The molecule has 0 amide bonds. The molecule has 2 heterocycles. The summed E-state index contributed by atoms with van der Waals surface area (Å²) in [5, 5.41) is 11.9. The third kappa shape index (κ3) is 4.26. The first kappa shape index (κ1) is 20.9. The molecule has 0 saturated carbocycles. The molecule has 0 radical (unpaired) electrons. The Morgan fingerprint density at radius 1 is 1.10 bits per heavy atom. The lowest BCUT2D eigenvalue weighted by Crippen LogP contribution is -2.22. The van der Waals surface area contributed by atoms with Crippen molar-refractivity contribution in [3.63, 3.8) is 0 Å². The maximum atomic E-state index is 13.0. The number of H-pyrrole nitrogens is 1. The Hall–Kier alpha value is -3.36. The van der Waals surface area contributed by atoms with E-state index in [4.69, 9.17) is 0 Å². The van der Waals surface area contributed by atoms with Gasteiger partial charge in [-0.15, -0.1) is 11.3 Å². The molecule has 8 heteroatoms. The second kappa shape index (κ2) is 8.41. The van der Waals surface area contributed by atoms with Crippen LogP contribution in [0, 0.1) is 24.0 Å². The summed E-state index contributed by atoms with van der Waals surface area (Å²) in [5.74, 6) is 0.537. The fourth-order valence-electron chi connectivity index (χ4n) is 3.73. The predicted molar refractivity (Wildman–Crippen MR) is 123 cm³/mol. The summed E-state index contributed by atoms with van der Waals surface area (Å²) < 4.78 is 0. The van der Waals surface area contributed by atoms with E-state index in [1.165, 1.54) is 17.4 Å². The summed E-state index contributed by atoms with van der Waals surface area (Å²) >= 11 is 1.50. The van der Waals surface area contributed by atoms with E-state index >= 15 is 0 Å². The molecular weight excluding hydrogens is 412 g/mol. The zero-order valence-electron chi connectivity index (χ0n) is 17.5. The number of nitrogens with zero attached hydrogens (tertiary/aromatic N) is 3. The summed E-state index contributed by atoms with van der Waals surface area (Å²) in [6.07, 6.45) is 0. The van der Waals surface area contributed by atoms with Crippen LogP contribution in [0.15, 0.2) is 53.3 Å². The number of rotatable bonds is 6. The lowest BCUT2D eigenvalue weighted by atomic mass is 10.0. The van der Waals surface area contributed by atoms with Gasteiger partial charge in [0.1, 0.15) is 10.7 Å². The third-order valence-electron chi connectivity index (χ3n) is 5.18. The lowest BCUT2D eigenvalue weighted by Gasteiger charge is -2.16. The van der Waals surface area contributed by atoms with Crippen molar-refractivity contribution in [1.82, 2.24) is 14.9 Å². The van der Waals surface area contributed by atoms with Gasteiger partial charge in [-0.05, 0) is 26.5 Å². The van der Waals surface area contributed by atoms with Gasteiger partial charge in [0.2, 0.25) is 0 Å². The van der Waals surface area contributed by atoms with E-state index in [9.17, 15) is 14.9 Å². The summed E-state index contributed by atoms with van der Waals surface area (Å²) in [7, 11) is 1.85. The highest BCUT2D eigenvalue weighted by Crippen LogP contribution is 2.35. The highest BCUT2D eigenvalue weighted by molar-refractivity contribution is 7.19. The maximum Gasteiger partial charge on any atom is 0.273 e. The van der Waals surface area contributed by atoms with E-state index in [2.05, 4.69) is 9.97 Å². The number of aromatic amines is 1. The number of nitro benzene ring substituents is 1. The van der Waals surface area contributed by atoms with E-state index in [-0.39, 0.29) is 16.2 Å². The van der Waals surface area contributed by atoms with Crippen LogP contribution < -0.4 is 5.56 Å². The first-order chi connectivity index (χ1) is 14.8. The van der Waals surface area contributed by atoms with Gasteiger partial charge in [-0.3, -0.25) is 19.8 Å². The molecule has 4 rings (SSSR count). The van der Waals surface area contributed by atoms with E-state index < -0.39 is 0 Å². The van der Waals surface area contributed by atoms with Crippen LogP contribution in [0.4, 0.5) is 5.69 Å². The Balaban J connectivity index is 1.64. The van der Waals surface area contributed by atoms with Gasteiger partial charge in [0.15, 0.2) is 0 Å². The molecule has 0 aliphatic carbocycles. The molecule has 2 aromatic carbocycles. The Morgan fingerprint density at radius 3 is 2.52 bits per heavy atom. The normalized spacial score (nSPS) is 11.4. The number of aryl methyl sites for hydroxylation is 2. The van der Waals surface area contributed by atoms with Crippen molar-refractivity contribution in [3.8, 4) is 11.1 Å². The van der Waals surface area contributed by atoms with Crippen LogP contribution >= 0.6 is 11.3 Å². The molecule has 0 aliphatic rings. The van der Waals surface area contributed by atoms with Gasteiger partial charge in [-0.1, -0.05) is 48.0 Å². The van der Waals surface area contributed by atoms with Crippen LogP contribution in [0.3, 0.4) is 0 Å². The largest absolute Gasteiger partial charge is 0.309 e. The monoisotopic (exact) mass is 434 g/mol. The second-order valence-electron chi connectivity index (χ2n) is 7.65. The van der Waals surface area contributed by atoms with Crippen molar-refractivity contribution in [2.45, 2.75) is 26.9 Å². The molecule has 0 aliphatic heterocycles. The van der Waals surface area contributed by atoms with Crippen molar-refractivity contribution >= 4 is 27.2 Å². The van der Waals surface area contributed by atoms with Crippen LogP contribution in [0.25, 0.3) is 21.3 Å². The first-order valence-electron chi connectivity index (χ1n) is 9.83. The number of nitro groups is 1. The molecule has 2 aromatic heterocycles. The number of aromatic nitrogens is 2. The highest BCUT2D eigenvalue weighted by atomic mass is 32.1. The number of hydrogen-bond acceptors (Lipinski definition) is 6. The Morgan fingerprint density at radius 2 is 1.81 bits per heavy atom. The second-order valence-corrected chi connectivity index (χ2v) is 8.85. The molecule has 7 nitrogen and oxygen atoms in total. The topological polar surface area (TPSA) is 92.1 Å². The van der Waals surface area contributed by atoms with Crippen LogP contribution in [0.2, 0.25) is 0 Å². The summed E-state index contributed by atoms with van der Waals surface area (Å²) in [5.41, 5.74) is 3.63. The van der Waals surface area contributed by atoms with Gasteiger partial charge in [0.25, 0.3) is 11.2 Å². The molecular formula is C23H22N4O3S. The minimum atomic E-state index is -0.379. The zero-order valence-corrected chi connectivity index (χ0v) is 18.3. The van der Waals surface area contributed by atoms with Gasteiger partial charge >= 0.3 is 0 Å². The number of thiophene rings is 1. The van der Waals surface area contributed by atoms with E-state index in [0.29, 0.717) is 34.7 Å². The van der Waals surface area contributed by atoms with Crippen molar-refractivity contribution in [2.24, 2.45) is 0 Å². The molecule has 0 fully saturated rings. The fourth-order valence-corrected chi connectivity index (χ4v) is 4.80. The summed E-state index contributed by atoms with van der Waals surface area (Å²) in [4.78, 5) is 35.1. The minimum absolute atomic E-state index is 0.0860. The van der Waals surface area contributed by atoms with Gasteiger partial charge in [-0.2, -0.15) is 0 Å². The molecule has 0 saturated heterocycles. The van der Waals surface area contributed by atoms with Crippen LogP contribution in [0.5, 0.6) is 0 Å². The van der Waals surface area contributed by atoms with E-state index in [0.717, 1.165) is 21.6 Å². The molecule has 0 spiro atoms. The summed E-state index contributed by atoms with van der Waals surface area (Å²) in [6.45, 7) is 4.77. The summed E-state index contributed by atoms with van der Waals surface area (Å²) in [6, 6.07) is 14.8. The third-order valence-corrected chi connectivity index (χ3v) is 6.17. The highest BCUT2D eigenvalue weighted by Gasteiger charge is 2.18. The fraction of sp³-hybridized carbons (Fsp3) is 0.217. The number of fused-ring (bicyclic) bond motifs is 1. The van der Waals surface area contributed by atoms with Crippen LogP contribution in [-0.2, 0) is 13.1 Å². The Bertz CT molecular complexity index is 1330. The number of benzene rings is 2. The number of hydrogen-bond donors (Lipinski definition) is 1. The predicted octanol–water partition coefficient (Wildman–Crippen LogP) is 4.81. The molecule has 1 N–H and O–H groups in total. The molecule has 158 valence electrons. The van der Waals surface area contributed by atoms with Crippen LogP contribution in [0.1, 0.15) is 21.8 Å². The average Bonchev–Trinajstić information content (AvgIpc) is 3.05. The molecule has 0 atom stereocenters. The Labute approximate surface area is 183 Å². The number of nitrogens with one attached hydrogen (secondary N) is 1. The average molecular weight is 435 g/mol. The first-order valence-corrected chi connectivity index (χ1v) is 10.7. The van der Waals surface area contributed by atoms with Crippen molar-refractivity contribution in [3.05, 3.63) is 90.8 Å². The molecule has 31 heavy (non-hydrogen) atoms. The van der Waals surface area contributed by atoms with Gasteiger partial charge in [0, 0.05) is 28.6 Å². The standard InChI is InChI=1S/C23H22N4O3S/c1-14-8-10-16(11-9-14)20-15(2)31-23-21(20)22(28)24-19(25-23)13-26(3)12-17-6-4-5-7-18(17)27(29)30/h4-11H,12-13H2,1-3H3,(H,24,25,28). The quantitative estimate of drug-likeness (QED) is 0.347. The van der Waals surface area contributed by atoms with Crippen molar-refractivity contribution in [1.29, 1.82) is 0 Å². The van der Waals surface area contributed by atoms with Crippen molar-refractivity contribution < 1.29 is 4.92 Å². The maximum absolute atomic E-state index is 13.0. The smallest absolute Gasteiger partial charge is 0.273 e. The Kier molecular flexibility index (Phi) is 5.67. The molecule has 4 aromatic rings. The van der Waals surface area contributed by atoms with Crippen LogP contribution in [-0.4, -0.2) is 26.8 Å². The van der Waals surface area contributed by atoms with E-state index in [1.54, 1.807) is 18.2 Å². The van der Waals surface area contributed by atoms with Gasteiger partial charge < -0.3 is 4.98 Å². The molecule has 0 bridgehead atoms.